The van der Waals surface area contributed by atoms with Crippen LogP contribution in [0, 0.1) is 0 Å². The second-order valence-corrected chi connectivity index (χ2v) is 7.46. The molecule has 0 spiro atoms. The Kier molecular flexibility index (Phi) is 8.02. The number of para-hydroxylation sites is 1. The minimum atomic E-state index is -0.320. The van der Waals surface area contributed by atoms with Crippen LogP contribution in [0.25, 0.3) is 11.6 Å². The molecule has 0 aliphatic heterocycles. The first kappa shape index (κ1) is 22.3. The zero-order valence-electron chi connectivity index (χ0n) is 17.4. The summed E-state index contributed by atoms with van der Waals surface area (Å²) in [5, 5.41) is 6.36. The Morgan fingerprint density at radius 2 is 1.58 bits per heavy atom. The first-order valence-electron chi connectivity index (χ1n) is 10.3. The van der Waals surface area contributed by atoms with Crippen LogP contribution in [0.15, 0.2) is 78.9 Å². The van der Waals surface area contributed by atoms with Crippen LogP contribution in [0.3, 0.4) is 0 Å². The van der Waals surface area contributed by atoms with Gasteiger partial charge >= 0.3 is 0 Å². The number of benzene rings is 3. The molecule has 158 valence electrons. The van der Waals surface area contributed by atoms with Crippen LogP contribution >= 0.6 is 11.6 Å². The first-order valence-corrected chi connectivity index (χ1v) is 10.7. The van der Waals surface area contributed by atoms with Crippen molar-refractivity contribution >= 4 is 40.8 Å². The number of amides is 2. The molecule has 0 saturated heterocycles. The van der Waals surface area contributed by atoms with Crippen LogP contribution in [0.4, 0.5) is 5.69 Å². The van der Waals surface area contributed by atoms with Gasteiger partial charge in [0.15, 0.2) is 0 Å². The number of hydrogen-bond donors (Lipinski definition) is 2. The van der Waals surface area contributed by atoms with Gasteiger partial charge in [0.25, 0.3) is 11.8 Å². The maximum Gasteiger partial charge on any atom is 0.256 e. The van der Waals surface area contributed by atoms with E-state index in [2.05, 4.69) is 17.6 Å². The fourth-order valence-electron chi connectivity index (χ4n) is 3.10. The fourth-order valence-corrected chi connectivity index (χ4v) is 3.29. The lowest BCUT2D eigenvalue weighted by Gasteiger charge is -2.14. The number of unbranched alkanes of at least 4 members (excludes halogenated alkanes) is 1. The monoisotopic (exact) mass is 432 g/mol. The maximum absolute atomic E-state index is 13.3. The van der Waals surface area contributed by atoms with Gasteiger partial charge < -0.3 is 10.6 Å². The van der Waals surface area contributed by atoms with E-state index in [1.165, 1.54) is 0 Å². The van der Waals surface area contributed by atoms with Crippen molar-refractivity contribution < 1.29 is 9.59 Å². The summed E-state index contributed by atoms with van der Waals surface area (Å²) in [7, 11) is 0. The van der Waals surface area contributed by atoms with Gasteiger partial charge in [-0.15, -0.1) is 0 Å². The van der Waals surface area contributed by atoms with Crippen molar-refractivity contribution in [3.8, 4) is 0 Å². The Morgan fingerprint density at radius 1 is 0.903 bits per heavy atom. The van der Waals surface area contributed by atoms with Crippen LogP contribution < -0.4 is 10.6 Å². The van der Waals surface area contributed by atoms with E-state index in [9.17, 15) is 9.59 Å². The molecule has 0 aliphatic rings. The molecule has 0 saturated carbocycles. The molecule has 0 aliphatic carbocycles. The maximum atomic E-state index is 13.3. The Balaban J connectivity index is 1.92. The van der Waals surface area contributed by atoms with Gasteiger partial charge in [0.1, 0.15) is 0 Å². The van der Waals surface area contributed by atoms with Crippen molar-refractivity contribution in [1.29, 1.82) is 0 Å². The number of hydrogen-bond acceptors (Lipinski definition) is 2. The van der Waals surface area contributed by atoms with Crippen molar-refractivity contribution in [2.45, 2.75) is 19.8 Å². The molecule has 2 N–H and O–H groups in total. The van der Waals surface area contributed by atoms with Gasteiger partial charge in [0.2, 0.25) is 0 Å². The molecule has 3 rings (SSSR count). The number of anilines is 1. The van der Waals surface area contributed by atoms with Gasteiger partial charge in [-0.2, -0.15) is 0 Å². The van der Waals surface area contributed by atoms with E-state index in [0.717, 1.165) is 24.0 Å². The van der Waals surface area contributed by atoms with Gasteiger partial charge in [-0.1, -0.05) is 85.6 Å². The van der Waals surface area contributed by atoms with Crippen molar-refractivity contribution in [3.63, 3.8) is 0 Å². The standard InChI is InChI=1S/C26H25ClN2O2/c1-2-3-17-28-25(30)21-14-8-10-16-24(21)29-26(31)22(19-11-5-4-6-12-19)18-20-13-7-9-15-23(20)27/h4-16,18H,2-3,17H2,1H3,(H,28,30)(H,29,31)/b22-18+. The SMILES string of the molecule is CCCCNC(=O)c1ccccc1NC(=O)/C(=C/c1ccccc1Cl)c1ccccc1. The first-order chi connectivity index (χ1) is 15.1. The van der Waals surface area contributed by atoms with E-state index in [1.54, 1.807) is 36.4 Å². The quantitative estimate of drug-likeness (QED) is 0.258. The molecule has 3 aromatic carbocycles. The Labute approximate surface area is 188 Å². The lowest BCUT2D eigenvalue weighted by Crippen LogP contribution is -2.26. The van der Waals surface area contributed by atoms with Crippen LogP contribution in [0.2, 0.25) is 5.02 Å². The molecule has 2 amide bonds. The molecule has 0 fully saturated rings. The number of rotatable bonds is 8. The average molecular weight is 433 g/mol. The molecule has 0 aromatic heterocycles. The summed E-state index contributed by atoms with van der Waals surface area (Å²) in [6.07, 6.45) is 3.65. The van der Waals surface area contributed by atoms with Gasteiger partial charge in [-0.25, -0.2) is 0 Å². The third-order valence-corrected chi connectivity index (χ3v) is 5.11. The zero-order valence-corrected chi connectivity index (χ0v) is 18.2. The minimum absolute atomic E-state index is 0.208. The summed E-state index contributed by atoms with van der Waals surface area (Å²) in [4.78, 5) is 25.9. The minimum Gasteiger partial charge on any atom is -0.352 e. The highest BCUT2D eigenvalue weighted by molar-refractivity contribution is 6.34. The van der Waals surface area contributed by atoms with Crippen molar-refractivity contribution in [1.82, 2.24) is 5.32 Å². The molecule has 0 radical (unpaired) electrons. The fraction of sp³-hybridized carbons (Fsp3) is 0.154. The van der Waals surface area contributed by atoms with Crippen LogP contribution in [-0.4, -0.2) is 18.4 Å². The summed E-state index contributed by atoms with van der Waals surface area (Å²) in [5.41, 5.74) is 2.84. The third kappa shape index (κ3) is 6.06. The lowest BCUT2D eigenvalue weighted by molar-refractivity contribution is -0.111. The van der Waals surface area contributed by atoms with Crippen molar-refractivity contribution in [3.05, 3.63) is 101 Å². The van der Waals surface area contributed by atoms with Crippen molar-refractivity contribution in [2.75, 3.05) is 11.9 Å². The summed E-state index contributed by atoms with van der Waals surface area (Å²) in [5.74, 6) is -0.527. The van der Waals surface area contributed by atoms with E-state index in [4.69, 9.17) is 11.6 Å². The van der Waals surface area contributed by atoms with E-state index in [1.807, 2.05) is 48.5 Å². The van der Waals surface area contributed by atoms with Crippen molar-refractivity contribution in [2.24, 2.45) is 0 Å². The van der Waals surface area contributed by atoms with Crippen LogP contribution in [0.1, 0.15) is 41.3 Å². The second-order valence-electron chi connectivity index (χ2n) is 7.05. The normalized spacial score (nSPS) is 11.1. The molecule has 0 unspecified atom stereocenters. The highest BCUT2D eigenvalue weighted by atomic mass is 35.5. The largest absolute Gasteiger partial charge is 0.352 e. The molecular formula is C26H25ClN2O2. The zero-order chi connectivity index (χ0) is 22.1. The predicted octanol–water partition coefficient (Wildman–Crippen LogP) is 6.05. The molecule has 4 nitrogen and oxygen atoms in total. The predicted molar refractivity (Wildman–Crippen MR) is 128 cm³/mol. The van der Waals surface area contributed by atoms with Crippen LogP contribution in [-0.2, 0) is 4.79 Å². The summed E-state index contributed by atoms with van der Waals surface area (Å²) in [6, 6.07) is 23.7. The molecule has 3 aromatic rings. The molecule has 0 bridgehead atoms. The highest BCUT2D eigenvalue weighted by Crippen LogP contribution is 2.25. The molecule has 31 heavy (non-hydrogen) atoms. The van der Waals surface area contributed by atoms with E-state index in [-0.39, 0.29) is 11.8 Å². The van der Waals surface area contributed by atoms with Gasteiger partial charge in [0, 0.05) is 17.1 Å². The highest BCUT2D eigenvalue weighted by Gasteiger charge is 2.17. The summed E-state index contributed by atoms with van der Waals surface area (Å²) >= 11 is 6.32. The summed E-state index contributed by atoms with van der Waals surface area (Å²) < 4.78 is 0. The lowest BCUT2D eigenvalue weighted by atomic mass is 10.0. The molecular weight excluding hydrogens is 408 g/mol. The Bertz CT molecular complexity index is 1080. The number of carbonyl (C=O) groups excluding carboxylic acids is 2. The topological polar surface area (TPSA) is 58.2 Å². The number of nitrogens with one attached hydrogen (secondary N) is 2. The molecule has 5 heteroatoms. The third-order valence-electron chi connectivity index (χ3n) is 4.77. The van der Waals surface area contributed by atoms with E-state index >= 15 is 0 Å². The second kappa shape index (κ2) is 11.1. The van der Waals surface area contributed by atoms with Gasteiger partial charge in [-0.3, -0.25) is 9.59 Å². The Hall–Kier alpha value is -3.37. The van der Waals surface area contributed by atoms with Gasteiger partial charge in [0.05, 0.1) is 11.3 Å². The molecule has 0 atom stereocenters. The van der Waals surface area contributed by atoms with Crippen LogP contribution in [0.5, 0.6) is 0 Å². The Morgan fingerprint density at radius 3 is 2.32 bits per heavy atom. The number of halogens is 1. The smallest absolute Gasteiger partial charge is 0.256 e. The van der Waals surface area contributed by atoms with E-state index in [0.29, 0.717) is 28.4 Å². The average Bonchev–Trinajstić information content (AvgIpc) is 2.79. The number of carbonyl (C=O) groups is 2. The summed E-state index contributed by atoms with van der Waals surface area (Å²) in [6.45, 7) is 2.66. The van der Waals surface area contributed by atoms with E-state index < -0.39 is 0 Å². The molecule has 0 heterocycles. The van der Waals surface area contributed by atoms with Gasteiger partial charge in [-0.05, 0) is 41.8 Å².